The number of nitriles is 1. The van der Waals surface area contributed by atoms with E-state index in [1.807, 2.05) is 19.1 Å². The minimum absolute atomic E-state index is 0.168. The fourth-order valence-electron chi connectivity index (χ4n) is 2.01. The Morgan fingerprint density at radius 3 is 2.55 bits per heavy atom. The van der Waals surface area contributed by atoms with Crippen molar-refractivity contribution in [1.29, 1.82) is 5.26 Å². The van der Waals surface area contributed by atoms with Crippen molar-refractivity contribution in [2.24, 2.45) is 0 Å². The van der Waals surface area contributed by atoms with Gasteiger partial charge in [0.2, 0.25) is 0 Å². The van der Waals surface area contributed by atoms with Gasteiger partial charge in [0.1, 0.15) is 5.75 Å². The first-order valence-corrected chi connectivity index (χ1v) is 7.49. The van der Waals surface area contributed by atoms with Gasteiger partial charge in [-0.2, -0.15) is 5.26 Å². The van der Waals surface area contributed by atoms with Gasteiger partial charge in [0.05, 0.1) is 30.3 Å². The number of hydrogen-bond donors (Lipinski definition) is 1. The predicted octanol–water partition coefficient (Wildman–Crippen LogP) is 3.82. The zero-order valence-corrected chi connectivity index (χ0v) is 13.8. The van der Waals surface area contributed by atoms with E-state index in [1.165, 1.54) is 0 Å². The molecular weight excluding hydrogens is 344 g/mol. The lowest BCUT2D eigenvalue weighted by Gasteiger charge is -2.15. The molecule has 0 heterocycles. The van der Waals surface area contributed by atoms with Crippen LogP contribution in [-0.2, 0) is 0 Å². The molecule has 0 aliphatic heterocycles. The second kappa shape index (κ2) is 7.10. The van der Waals surface area contributed by atoms with Crippen molar-refractivity contribution >= 4 is 21.8 Å². The maximum atomic E-state index is 12.4. The van der Waals surface area contributed by atoms with E-state index in [1.54, 1.807) is 37.4 Å². The van der Waals surface area contributed by atoms with Gasteiger partial charge in [0.15, 0.2) is 0 Å². The quantitative estimate of drug-likeness (QED) is 0.903. The molecule has 2 aromatic carbocycles. The molecule has 0 spiro atoms. The molecule has 1 atom stereocenters. The number of nitrogens with one attached hydrogen (secondary N) is 1. The van der Waals surface area contributed by atoms with Crippen LogP contribution in [0, 0.1) is 11.3 Å². The monoisotopic (exact) mass is 358 g/mol. The van der Waals surface area contributed by atoms with Gasteiger partial charge in [-0.15, -0.1) is 0 Å². The lowest BCUT2D eigenvalue weighted by Crippen LogP contribution is -2.27. The van der Waals surface area contributed by atoms with Crippen LogP contribution < -0.4 is 10.1 Å². The summed E-state index contributed by atoms with van der Waals surface area (Å²) in [5.74, 6) is 0.432. The number of benzene rings is 2. The second-order valence-electron chi connectivity index (χ2n) is 4.77. The summed E-state index contributed by atoms with van der Waals surface area (Å²) in [7, 11) is 1.56. The number of hydrogen-bond acceptors (Lipinski definition) is 3. The Bertz CT molecular complexity index is 720. The summed E-state index contributed by atoms with van der Waals surface area (Å²) in [6, 6.07) is 14.3. The van der Waals surface area contributed by atoms with Crippen molar-refractivity contribution in [3.8, 4) is 11.8 Å². The Morgan fingerprint density at radius 1 is 1.27 bits per heavy atom. The van der Waals surface area contributed by atoms with Crippen LogP contribution in [0.3, 0.4) is 0 Å². The second-order valence-corrected chi connectivity index (χ2v) is 5.63. The van der Waals surface area contributed by atoms with Crippen molar-refractivity contribution in [2.45, 2.75) is 13.0 Å². The van der Waals surface area contributed by atoms with Gasteiger partial charge in [-0.05, 0) is 58.7 Å². The number of carbonyl (C=O) groups is 1. The molecule has 4 nitrogen and oxygen atoms in total. The van der Waals surface area contributed by atoms with Gasteiger partial charge < -0.3 is 10.1 Å². The highest BCUT2D eigenvalue weighted by Gasteiger charge is 2.15. The summed E-state index contributed by atoms with van der Waals surface area (Å²) >= 11 is 3.37. The van der Waals surface area contributed by atoms with Crippen molar-refractivity contribution in [2.75, 3.05) is 7.11 Å². The smallest absolute Gasteiger partial charge is 0.253 e. The van der Waals surface area contributed by atoms with E-state index in [0.29, 0.717) is 21.3 Å². The highest BCUT2D eigenvalue weighted by atomic mass is 79.9. The Kier molecular flexibility index (Phi) is 5.18. The number of nitrogens with zero attached hydrogens (tertiary/aromatic N) is 1. The van der Waals surface area contributed by atoms with E-state index in [2.05, 4.69) is 27.3 Å². The number of methoxy groups -OCH3 is 1. The molecule has 1 N–H and O–H groups in total. The summed E-state index contributed by atoms with van der Waals surface area (Å²) in [5.41, 5.74) is 2.05. The molecular formula is C17H15BrN2O2. The normalized spacial score (nSPS) is 11.4. The third-order valence-corrected chi connectivity index (χ3v) is 4.00. The molecule has 0 aromatic heterocycles. The van der Waals surface area contributed by atoms with Crippen molar-refractivity contribution in [3.63, 3.8) is 0 Å². The molecule has 2 rings (SSSR count). The van der Waals surface area contributed by atoms with Gasteiger partial charge in [-0.3, -0.25) is 4.79 Å². The summed E-state index contributed by atoms with van der Waals surface area (Å²) in [6.45, 7) is 1.90. The first-order valence-electron chi connectivity index (χ1n) is 6.69. The number of halogens is 1. The molecule has 0 fully saturated rings. The van der Waals surface area contributed by atoms with Gasteiger partial charge in [0.25, 0.3) is 5.91 Å². The number of amides is 1. The molecule has 112 valence electrons. The molecule has 1 unspecified atom stereocenters. The summed E-state index contributed by atoms with van der Waals surface area (Å²) < 4.78 is 5.85. The molecule has 0 aliphatic rings. The van der Waals surface area contributed by atoms with Crippen LogP contribution in [0.5, 0.6) is 5.75 Å². The third kappa shape index (κ3) is 3.66. The Labute approximate surface area is 137 Å². The van der Waals surface area contributed by atoms with Crippen molar-refractivity contribution < 1.29 is 9.53 Å². The zero-order valence-electron chi connectivity index (χ0n) is 12.3. The Balaban J connectivity index is 2.15. The van der Waals surface area contributed by atoms with Gasteiger partial charge in [-0.1, -0.05) is 12.1 Å². The fourth-order valence-corrected chi connectivity index (χ4v) is 2.44. The van der Waals surface area contributed by atoms with Crippen LogP contribution in [0.1, 0.15) is 34.5 Å². The Hall–Kier alpha value is -2.32. The van der Waals surface area contributed by atoms with E-state index in [0.717, 1.165) is 5.56 Å². The average molecular weight is 359 g/mol. The minimum Gasteiger partial charge on any atom is -0.497 e. The van der Waals surface area contributed by atoms with Crippen molar-refractivity contribution in [3.05, 3.63) is 63.6 Å². The average Bonchev–Trinajstić information content (AvgIpc) is 2.55. The standard InChI is InChI=1S/C17H15BrN2O2/c1-11(13-5-3-12(10-19)4-6-13)20-17(21)15-9-14(22-2)7-8-16(15)18/h3-9,11H,1-2H3,(H,20,21). The van der Waals surface area contributed by atoms with Crippen LogP contribution in [0.15, 0.2) is 46.9 Å². The van der Waals surface area contributed by atoms with Gasteiger partial charge in [-0.25, -0.2) is 0 Å². The first kappa shape index (κ1) is 16.1. The topological polar surface area (TPSA) is 62.1 Å². The van der Waals surface area contributed by atoms with Gasteiger partial charge in [0, 0.05) is 4.47 Å². The predicted molar refractivity (Wildman–Crippen MR) is 87.7 cm³/mol. The largest absolute Gasteiger partial charge is 0.497 e. The zero-order chi connectivity index (χ0) is 16.1. The van der Waals surface area contributed by atoms with E-state index in [-0.39, 0.29) is 11.9 Å². The Morgan fingerprint density at radius 2 is 1.95 bits per heavy atom. The third-order valence-electron chi connectivity index (χ3n) is 3.31. The lowest BCUT2D eigenvalue weighted by atomic mass is 10.1. The minimum atomic E-state index is -0.192. The summed E-state index contributed by atoms with van der Waals surface area (Å²) in [4.78, 5) is 12.4. The SMILES string of the molecule is COc1ccc(Br)c(C(=O)NC(C)c2ccc(C#N)cc2)c1. The number of carbonyl (C=O) groups excluding carboxylic acids is 1. The molecule has 0 saturated heterocycles. The van der Waals surface area contributed by atoms with E-state index < -0.39 is 0 Å². The molecule has 0 saturated carbocycles. The van der Waals surface area contributed by atoms with Gasteiger partial charge >= 0.3 is 0 Å². The molecule has 1 amide bonds. The number of ether oxygens (including phenoxy) is 1. The highest BCUT2D eigenvalue weighted by molar-refractivity contribution is 9.10. The molecule has 0 radical (unpaired) electrons. The van der Waals surface area contributed by atoms with Crippen LogP contribution in [0.25, 0.3) is 0 Å². The highest BCUT2D eigenvalue weighted by Crippen LogP contribution is 2.23. The van der Waals surface area contributed by atoms with Crippen LogP contribution in [0.4, 0.5) is 0 Å². The summed E-state index contributed by atoms with van der Waals surface area (Å²) in [6.07, 6.45) is 0. The molecule has 22 heavy (non-hydrogen) atoms. The van der Waals surface area contributed by atoms with Crippen LogP contribution >= 0.6 is 15.9 Å². The summed E-state index contributed by atoms with van der Waals surface area (Å²) in [5, 5.41) is 11.7. The fraction of sp³-hybridized carbons (Fsp3) is 0.176. The van der Waals surface area contributed by atoms with Crippen LogP contribution in [0.2, 0.25) is 0 Å². The molecule has 0 aliphatic carbocycles. The van der Waals surface area contributed by atoms with E-state index in [9.17, 15) is 4.79 Å². The maximum absolute atomic E-state index is 12.4. The lowest BCUT2D eigenvalue weighted by molar-refractivity contribution is 0.0938. The molecule has 2 aromatic rings. The molecule has 5 heteroatoms. The van der Waals surface area contributed by atoms with E-state index in [4.69, 9.17) is 10.00 Å². The van der Waals surface area contributed by atoms with Crippen LogP contribution in [-0.4, -0.2) is 13.0 Å². The van der Waals surface area contributed by atoms with E-state index >= 15 is 0 Å². The molecule has 0 bridgehead atoms. The maximum Gasteiger partial charge on any atom is 0.253 e. The number of rotatable bonds is 4. The first-order chi connectivity index (χ1) is 10.5. The van der Waals surface area contributed by atoms with Crippen molar-refractivity contribution in [1.82, 2.24) is 5.32 Å².